The lowest BCUT2D eigenvalue weighted by Crippen LogP contribution is -2.21. The Hall–Kier alpha value is 0.110. The van der Waals surface area contributed by atoms with Gasteiger partial charge in [0.1, 0.15) is 0 Å². The highest BCUT2D eigenvalue weighted by atomic mass is 79.9. The molecule has 14 heavy (non-hydrogen) atoms. The number of hydrogen-bond acceptors (Lipinski definition) is 2. The minimum atomic E-state index is 0.713. The summed E-state index contributed by atoms with van der Waals surface area (Å²) in [6.45, 7) is 4.51. The minimum Gasteiger partial charge on any atom is -0.250 e. The van der Waals surface area contributed by atoms with Crippen LogP contribution >= 0.6 is 27.3 Å². The number of rotatable bonds is 1. The normalized spacial score (nSPS) is 33.2. The molecule has 3 unspecified atom stereocenters. The van der Waals surface area contributed by atoms with Crippen LogP contribution in [0, 0.1) is 12.8 Å². The predicted octanol–water partition coefficient (Wildman–Crippen LogP) is 4.12. The van der Waals surface area contributed by atoms with Gasteiger partial charge in [0.15, 0.2) is 0 Å². The van der Waals surface area contributed by atoms with E-state index in [1.807, 2.05) is 16.8 Å². The molecule has 78 valence electrons. The summed E-state index contributed by atoms with van der Waals surface area (Å²) >= 11 is 5.58. The molecule has 0 saturated heterocycles. The Morgan fingerprint density at radius 1 is 1.50 bits per heavy atom. The smallest absolute Gasteiger partial charge is 0.0797 e. The molecule has 3 atom stereocenters. The van der Waals surface area contributed by atoms with Gasteiger partial charge in [-0.05, 0) is 38.0 Å². The van der Waals surface area contributed by atoms with Crippen molar-refractivity contribution < 1.29 is 0 Å². The molecule has 0 aromatic carbocycles. The molecule has 0 bridgehead atoms. The molecule has 3 heteroatoms. The summed E-state index contributed by atoms with van der Waals surface area (Å²) in [5.41, 5.74) is 3.23. The number of thiazole rings is 1. The fraction of sp³-hybridized carbons (Fsp3) is 0.727. The van der Waals surface area contributed by atoms with Gasteiger partial charge in [-0.2, -0.15) is 0 Å². The summed E-state index contributed by atoms with van der Waals surface area (Å²) in [7, 11) is 0. The van der Waals surface area contributed by atoms with Gasteiger partial charge in [0.25, 0.3) is 0 Å². The quantitative estimate of drug-likeness (QED) is 0.702. The van der Waals surface area contributed by atoms with E-state index >= 15 is 0 Å². The van der Waals surface area contributed by atoms with Crippen LogP contribution < -0.4 is 0 Å². The first-order valence-electron chi connectivity index (χ1n) is 5.22. The standard InChI is InChI=1S/C11H16BrNS/c1-7-3-4-9(12)5-10(7)11-8(2)13-6-14-11/h6-7,9-10H,3-5H2,1-2H3. The molecule has 0 N–H and O–H groups in total. The molecule has 1 nitrogen and oxygen atoms in total. The Balaban J connectivity index is 2.20. The number of alkyl halides is 1. The molecule has 0 aliphatic heterocycles. The number of aromatic nitrogens is 1. The highest BCUT2D eigenvalue weighted by Gasteiger charge is 2.29. The first-order valence-corrected chi connectivity index (χ1v) is 7.02. The minimum absolute atomic E-state index is 0.713. The summed E-state index contributed by atoms with van der Waals surface area (Å²) in [5, 5.41) is 0. The van der Waals surface area contributed by atoms with Crippen LogP contribution in [-0.4, -0.2) is 9.81 Å². The number of aryl methyl sites for hydroxylation is 1. The van der Waals surface area contributed by atoms with Crippen molar-refractivity contribution in [2.75, 3.05) is 0 Å². The van der Waals surface area contributed by atoms with E-state index in [-0.39, 0.29) is 0 Å². The largest absolute Gasteiger partial charge is 0.250 e. The average molecular weight is 274 g/mol. The van der Waals surface area contributed by atoms with Crippen molar-refractivity contribution in [3.05, 3.63) is 16.1 Å². The zero-order valence-corrected chi connectivity index (χ0v) is 11.1. The third-order valence-corrected chi connectivity index (χ3v) is 5.15. The SMILES string of the molecule is Cc1ncsc1C1CC(Br)CCC1C. The molecule has 1 aliphatic carbocycles. The Morgan fingerprint density at radius 2 is 2.29 bits per heavy atom. The van der Waals surface area contributed by atoms with Crippen LogP contribution in [0.1, 0.15) is 42.7 Å². The lowest BCUT2D eigenvalue weighted by Gasteiger charge is -2.31. The van der Waals surface area contributed by atoms with Gasteiger partial charge in [-0.15, -0.1) is 11.3 Å². The summed E-state index contributed by atoms with van der Waals surface area (Å²) in [5.74, 6) is 1.56. The summed E-state index contributed by atoms with van der Waals surface area (Å²) in [4.78, 5) is 6.58. The van der Waals surface area contributed by atoms with Crippen LogP contribution in [0.3, 0.4) is 0 Å². The molecule has 0 amide bonds. The maximum absolute atomic E-state index is 4.35. The van der Waals surface area contributed by atoms with Gasteiger partial charge < -0.3 is 0 Å². The van der Waals surface area contributed by atoms with Gasteiger partial charge >= 0.3 is 0 Å². The van der Waals surface area contributed by atoms with E-state index in [0.717, 1.165) is 11.8 Å². The highest BCUT2D eigenvalue weighted by molar-refractivity contribution is 9.09. The topological polar surface area (TPSA) is 12.9 Å². The molecule has 2 rings (SSSR count). The lowest BCUT2D eigenvalue weighted by atomic mass is 9.79. The Morgan fingerprint density at radius 3 is 2.93 bits per heavy atom. The van der Waals surface area contributed by atoms with Gasteiger partial charge in [-0.25, -0.2) is 4.98 Å². The van der Waals surface area contributed by atoms with Crippen LogP contribution in [0.2, 0.25) is 0 Å². The van der Waals surface area contributed by atoms with Crippen LogP contribution in [0.25, 0.3) is 0 Å². The molecule has 1 aromatic rings. The average Bonchev–Trinajstić information content (AvgIpc) is 2.56. The zero-order valence-electron chi connectivity index (χ0n) is 8.66. The van der Waals surface area contributed by atoms with Gasteiger partial charge in [0, 0.05) is 9.70 Å². The third kappa shape index (κ3) is 2.03. The monoisotopic (exact) mass is 273 g/mol. The van der Waals surface area contributed by atoms with E-state index in [2.05, 4.69) is 34.8 Å². The van der Waals surface area contributed by atoms with E-state index in [1.165, 1.54) is 29.8 Å². The summed E-state index contributed by atoms with van der Waals surface area (Å²) in [6.07, 6.45) is 3.96. The van der Waals surface area contributed by atoms with Crippen molar-refractivity contribution in [2.45, 2.75) is 43.9 Å². The fourth-order valence-corrected chi connectivity index (χ4v) is 4.02. The second-order valence-electron chi connectivity index (χ2n) is 4.30. The van der Waals surface area contributed by atoms with Crippen molar-refractivity contribution in [3.8, 4) is 0 Å². The maximum Gasteiger partial charge on any atom is 0.0797 e. The molecule has 1 aromatic heterocycles. The van der Waals surface area contributed by atoms with Crippen LogP contribution in [0.4, 0.5) is 0 Å². The highest BCUT2D eigenvalue weighted by Crippen LogP contribution is 2.42. The number of hydrogen-bond donors (Lipinski definition) is 0. The van der Waals surface area contributed by atoms with Crippen LogP contribution in [0.5, 0.6) is 0 Å². The predicted molar refractivity (Wildman–Crippen MR) is 65.3 cm³/mol. The van der Waals surface area contributed by atoms with Gasteiger partial charge in [-0.3, -0.25) is 0 Å². The fourth-order valence-electron chi connectivity index (χ4n) is 2.30. The molecule has 0 spiro atoms. The Labute approximate surface area is 98.1 Å². The molecule has 0 radical (unpaired) electrons. The van der Waals surface area contributed by atoms with Crippen molar-refractivity contribution >= 4 is 27.3 Å². The lowest BCUT2D eigenvalue weighted by molar-refractivity contribution is 0.343. The van der Waals surface area contributed by atoms with E-state index in [1.54, 1.807) is 0 Å². The molecular weight excluding hydrogens is 258 g/mol. The van der Waals surface area contributed by atoms with Gasteiger partial charge in [0.05, 0.1) is 11.2 Å². The summed E-state index contributed by atoms with van der Waals surface area (Å²) in [6, 6.07) is 0. The van der Waals surface area contributed by atoms with Gasteiger partial charge in [0.2, 0.25) is 0 Å². The van der Waals surface area contributed by atoms with E-state index in [9.17, 15) is 0 Å². The first-order chi connectivity index (χ1) is 6.68. The van der Waals surface area contributed by atoms with Crippen LogP contribution in [0.15, 0.2) is 5.51 Å². The third-order valence-electron chi connectivity index (χ3n) is 3.25. The van der Waals surface area contributed by atoms with E-state index in [4.69, 9.17) is 0 Å². The zero-order chi connectivity index (χ0) is 10.1. The van der Waals surface area contributed by atoms with Crippen molar-refractivity contribution in [1.82, 2.24) is 4.98 Å². The van der Waals surface area contributed by atoms with E-state index in [0.29, 0.717) is 4.83 Å². The molecule has 1 fully saturated rings. The summed E-state index contributed by atoms with van der Waals surface area (Å²) < 4.78 is 0. The Bertz CT molecular complexity index is 310. The first kappa shape index (κ1) is 10.6. The van der Waals surface area contributed by atoms with Crippen LogP contribution in [-0.2, 0) is 0 Å². The second-order valence-corrected chi connectivity index (χ2v) is 6.48. The second kappa shape index (κ2) is 4.31. The molecule has 1 aliphatic rings. The molecular formula is C11H16BrNS. The number of halogens is 1. The molecule has 1 saturated carbocycles. The van der Waals surface area contributed by atoms with Crippen molar-refractivity contribution in [2.24, 2.45) is 5.92 Å². The van der Waals surface area contributed by atoms with Gasteiger partial charge in [-0.1, -0.05) is 22.9 Å². The Kier molecular flexibility index (Phi) is 3.27. The van der Waals surface area contributed by atoms with Crippen molar-refractivity contribution in [1.29, 1.82) is 0 Å². The maximum atomic E-state index is 4.35. The van der Waals surface area contributed by atoms with E-state index < -0.39 is 0 Å². The molecule has 1 heterocycles. The number of nitrogens with zero attached hydrogens (tertiary/aromatic N) is 1. The van der Waals surface area contributed by atoms with Crippen molar-refractivity contribution in [3.63, 3.8) is 0 Å².